The SMILES string of the molecule is Cc1cc(Cl)ccc1NC(=S)Nc1cccc(C(F)(F)F)c1. The van der Waals surface area contributed by atoms with Gasteiger partial charge in [0.05, 0.1) is 5.56 Å². The predicted octanol–water partition coefficient (Wildman–Crippen LogP) is 5.48. The van der Waals surface area contributed by atoms with Crippen molar-refractivity contribution in [2.75, 3.05) is 10.6 Å². The first-order valence-corrected chi connectivity index (χ1v) is 7.06. The van der Waals surface area contributed by atoms with E-state index < -0.39 is 11.7 Å². The van der Waals surface area contributed by atoms with Crippen LogP contribution in [0.4, 0.5) is 24.5 Å². The van der Waals surface area contributed by atoms with E-state index in [2.05, 4.69) is 10.6 Å². The van der Waals surface area contributed by atoms with Crippen LogP contribution in [0.15, 0.2) is 42.5 Å². The second-order valence-corrected chi connectivity index (χ2v) is 5.46. The third-order valence-electron chi connectivity index (χ3n) is 2.88. The van der Waals surface area contributed by atoms with Crippen LogP contribution in [0.1, 0.15) is 11.1 Å². The van der Waals surface area contributed by atoms with E-state index in [1.54, 1.807) is 18.2 Å². The van der Waals surface area contributed by atoms with E-state index in [0.717, 1.165) is 23.4 Å². The van der Waals surface area contributed by atoms with E-state index in [-0.39, 0.29) is 10.8 Å². The van der Waals surface area contributed by atoms with Crippen molar-refractivity contribution < 1.29 is 13.2 Å². The minimum Gasteiger partial charge on any atom is -0.332 e. The van der Waals surface area contributed by atoms with Crippen LogP contribution < -0.4 is 10.6 Å². The minimum atomic E-state index is -4.39. The Morgan fingerprint density at radius 3 is 2.45 bits per heavy atom. The summed E-state index contributed by atoms with van der Waals surface area (Å²) < 4.78 is 38.0. The Balaban J connectivity index is 2.09. The van der Waals surface area contributed by atoms with Crippen molar-refractivity contribution in [2.24, 2.45) is 0 Å². The molecule has 7 heteroatoms. The molecule has 0 radical (unpaired) electrons. The van der Waals surface area contributed by atoms with E-state index in [1.807, 2.05) is 6.92 Å². The molecule has 0 saturated carbocycles. The molecule has 2 N–H and O–H groups in total. The zero-order valence-corrected chi connectivity index (χ0v) is 13.0. The summed E-state index contributed by atoms with van der Waals surface area (Å²) >= 11 is 11.0. The van der Waals surface area contributed by atoms with Gasteiger partial charge < -0.3 is 10.6 Å². The van der Waals surface area contributed by atoms with E-state index in [0.29, 0.717) is 5.02 Å². The van der Waals surface area contributed by atoms with Crippen molar-refractivity contribution >= 4 is 40.3 Å². The molecule has 0 bridgehead atoms. The average Bonchev–Trinajstić information content (AvgIpc) is 2.41. The Kier molecular flexibility index (Phi) is 4.93. The molecule has 0 amide bonds. The highest BCUT2D eigenvalue weighted by Gasteiger charge is 2.30. The third kappa shape index (κ3) is 4.35. The van der Waals surface area contributed by atoms with Crippen molar-refractivity contribution in [2.45, 2.75) is 13.1 Å². The number of rotatable bonds is 2. The van der Waals surface area contributed by atoms with Gasteiger partial charge in [0, 0.05) is 16.4 Å². The number of hydrogen-bond acceptors (Lipinski definition) is 1. The summed E-state index contributed by atoms with van der Waals surface area (Å²) in [4.78, 5) is 0. The number of halogens is 4. The minimum absolute atomic E-state index is 0.199. The third-order valence-corrected chi connectivity index (χ3v) is 3.32. The van der Waals surface area contributed by atoms with Crippen molar-refractivity contribution in [3.63, 3.8) is 0 Å². The molecule has 22 heavy (non-hydrogen) atoms. The van der Waals surface area contributed by atoms with Gasteiger partial charge in [-0.15, -0.1) is 0 Å². The lowest BCUT2D eigenvalue weighted by Crippen LogP contribution is -2.20. The summed E-state index contributed by atoms with van der Waals surface area (Å²) in [5.74, 6) is 0. The van der Waals surface area contributed by atoms with Crippen molar-refractivity contribution in [3.8, 4) is 0 Å². The Morgan fingerprint density at radius 2 is 1.82 bits per heavy atom. The lowest BCUT2D eigenvalue weighted by atomic mass is 10.2. The Morgan fingerprint density at radius 1 is 1.09 bits per heavy atom. The van der Waals surface area contributed by atoms with Gasteiger partial charge in [0.15, 0.2) is 5.11 Å². The number of hydrogen-bond donors (Lipinski definition) is 2. The second kappa shape index (κ2) is 6.54. The van der Waals surface area contributed by atoms with Crippen LogP contribution in [0.5, 0.6) is 0 Å². The molecular weight excluding hydrogens is 333 g/mol. The van der Waals surface area contributed by atoms with Crippen molar-refractivity contribution in [1.29, 1.82) is 0 Å². The van der Waals surface area contributed by atoms with Crippen LogP contribution >= 0.6 is 23.8 Å². The second-order valence-electron chi connectivity index (χ2n) is 4.62. The number of nitrogens with one attached hydrogen (secondary N) is 2. The standard InChI is InChI=1S/C15H12ClF3N2S/c1-9-7-11(16)5-6-13(9)21-14(22)20-12-4-2-3-10(8-12)15(17,18)19/h2-8H,1H3,(H2,20,21,22). The summed E-state index contributed by atoms with van der Waals surface area (Å²) in [7, 11) is 0. The zero-order valence-electron chi connectivity index (χ0n) is 11.5. The lowest BCUT2D eigenvalue weighted by Gasteiger charge is -2.14. The van der Waals surface area contributed by atoms with Crippen LogP contribution in [0.2, 0.25) is 5.02 Å². The molecule has 0 heterocycles. The van der Waals surface area contributed by atoms with Crippen LogP contribution in [0.3, 0.4) is 0 Å². The van der Waals surface area contributed by atoms with Gasteiger partial charge in [-0.1, -0.05) is 17.7 Å². The molecule has 2 rings (SSSR count). The number of aryl methyl sites for hydroxylation is 1. The van der Waals surface area contributed by atoms with Crippen LogP contribution in [-0.2, 0) is 6.18 Å². The quantitative estimate of drug-likeness (QED) is 0.706. The molecule has 2 nitrogen and oxygen atoms in total. The number of alkyl halides is 3. The fourth-order valence-electron chi connectivity index (χ4n) is 1.83. The highest BCUT2D eigenvalue weighted by molar-refractivity contribution is 7.80. The molecule has 116 valence electrons. The highest BCUT2D eigenvalue weighted by Crippen LogP contribution is 2.30. The molecule has 0 fully saturated rings. The van der Waals surface area contributed by atoms with Gasteiger partial charge in [-0.2, -0.15) is 13.2 Å². The fraction of sp³-hybridized carbons (Fsp3) is 0.133. The van der Waals surface area contributed by atoms with Gasteiger partial charge >= 0.3 is 6.18 Å². The fourth-order valence-corrected chi connectivity index (χ4v) is 2.28. The molecule has 0 aromatic heterocycles. The number of benzene rings is 2. The number of thiocarbonyl (C=S) groups is 1. The summed E-state index contributed by atoms with van der Waals surface area (Å²) in [6.45, 7) is 1.85. The molecule has 0 unspecified atom stereocenters. The lowest BCUT2D eigenvalue weighted by molar-refractivity contribution is -0.137. The van der Waals surface area contributed by atoms with E-state index in [4.69, 9.17) is 23.8 Å². The molecule has 0 atom stereocenters. The van der Waals surface area contributed by atoms with Crippen molar-refractivity contribution in [1.82, 2.24) is 0 Å². The van der Waals surface area contributed by atoms with Gasteiger partial charge in [0.2, 0.25) is 0 Å². The first kappa shape index (κ1) is 16.6. The molecular formula is C15H12ClF3N2S. The van der Waals surface area contributed by atoms with Crippen LogP contribution in [-0.4, -0.2) is 5.11 Å². The highest BCUT2D eigenvalue weighted by atomic mass is 35.5. The van der Waals surface area contributed by atoms with E-state index in [9.17, 15) is 13.2 Å². The van der Waals surface area contributed by atoms with Gasteiger partial charge in [0.25, 0.3) is 0 Å². The Hall–Kier alpha value is -1.79. The normalized spacial score (nSPS) is 11.1. The largest absolute Gasteiger partial charge is 0.416 e. The summed E-state index contributed by atoms with van der Waals surface area (Å²) in [5, 5.41) is 6.45. The van der Waals surface area contributed by atoms with E-state index in [1.165, 1.54) is 12.1 Å². The molecule has 0 aliphatic carbocycles. The summed E-state index contributed by atoms with van der Waals surface area (Å²) in [5.41, 5.74) is 1.14. The average molecular weight is 345 g/mol. The van der Waals surface area contributed by atoms with Crippen LogP contribution in [0.25, 0.3) is 0 Å². The topological polar surface area (TPSA) is 24.1 Å². The molecule has 2 aromatic carbocycles. The van der Waals surface area contributed by atoms with Gasteiger partial charge in [-0.05, 0) is 61.1 Å². The molecule has 0 aliphatic heterocycles. The Bertz CT molecular complexity index is 701. The first-order chi connectivity index (χ1) is 10.3. The van der Waals surface area contributed by atoms with Crippen molar-refractivity contribution in [3.05, 3.63) is 58.6 Å². The maximum Gasteiger partial charge on any atom is 0.416 e. The Labute approximate surface area is 136 Å². The molecule has 0 aliphatic rings. The van der Waals surface area contributed by atoms with Gasteiger partial charge in [-0.25, -0.2) is 0 Å². The molecule has 2 aromatic rings. The van der Waals surface area contributed by atoms with Gasteiger partial charge in [0.1, 0.15) is 0 Å². The summed E-state index contributed by atoms with van der Waals surface area (Å²) in [6.07, 6.45) is -4.39. The summed E-state index contributed by atoms with van der Waals surface area (Å²) in [6, 6.07) is 10.0. The van der Waals surface area contributed by atoms with E-state index >= 15 is 0 Å². The zero-order chi connectivity index (χ0) is 16.3. The predicted molar refractivity (Wildman–Crippen MR) is 87.5 cm³/mol. The van der Waals surface area contributed by atoms with Gasteiger partial charge in [-0.3, -0.25) is 0 Å². The first-order valence-electron chi connectivity index (χ1n) is 6.27. The maximum atomic E-state index is 12.7. The monoisotopic (exact) mass is 344 g/mol. The molecule has 0 saturated heterocycles. The molecule has 0 spiro atoms. The van der Waals surface area contributed by atoms with Crippen LogP contribution in [0, 0.1) is 6.92 Å². The maximum absolute atomic E-state index is 12.7. The smallest absolute Gasteiger partial charge is 0.332 e. The number of anilines is 2.